The fourth-order valence-corrected chi connectivity index (χ4v) is 5.90. The van der Waals surface area contributed by atoms with E-state index >= 15 is 0 Å². The molecule has 1 aliphatic rings. The van der Waals surface area contributed by atoms with E-state index in [4.69, 9.17) is 0 Å². The Morgan fingerprint density at radius 3 is 2.24 bits per heavy atom. The van der Waals surface area contributed by atoms with Crippen LogP contribution in [0, 0.1) is 6.92 Å². The fraction of sp³-hybridized carbons (Fsp3) is 0.360. The van der Waals surface area contributed by atoms with Gasteiger partial charge in [0.05, 0.1) is 16.3 Å². The number of sulfonamides is 1. The second-order valence-corrected chi connectivity index (χ2v) is 10.7. The maximum Gasteiger partial charge on any atom is 0.295 e. The molecule has 1 N–H and O–H groups in total. The molecule has 1 aromatic heterocycles. The minimum atomic E-state index is -3.64. The van der Waals surface area contributed by atoms with E-state index in [2.05, 4.69) is 5.32 Å². The van der Waals surface area contributed by atoms with E-state index in [9.17, 15) is 18.0 Å². The fourth-order valence-electron chi connectivity index (χ4n) is 4.48. The third-order valence-corrected chi connectivity index (χ3v) is 8.60. The average Bonchev–Trinajstić information content (AvgIpc) is 3.07. The van der Waals surface area contributed by atoms with Gasteiger partial charge in [-0.2, -0.15) is 4.31 Å². The van der Waals surface area contributed by atoms with Gasteiger partial charge in [-0.1, -0.05) is 37.5 Å². The molecule has 0 saturated heterocycles. The molecule has 1 heterocycles. The van der Waals surface area contributed by atoms with Crippen LogP contribution in [-0.2, 0) is 17.1 Å². The molecule has 1 fully saturated rings. The van der Waals surface area contributed by atoms with Gasteiger partial charge in [0, 0.05) is 25.7 Å². The number of para-hydroxylation sites is 1. The summed E-state index contributed by atoms with van der Waals surface area (Å²) in [5.74, 6) is -0.476. The summed E-state index contributed by atoms with van der Waals surface area (Å²) >= 11 is 0. The summed E-state index contributed by atoms with van der Waals surface area (Å²) in [5.41, 5.74) is 1.41. The first kappa shape index (κ1) is 24.0. The zero-order chi connectivity index (χ0) is 24.5. The monoisotopic (exact) mass is 482 g/mol. The van der Waals surface area contributed by atoms with Gasteiger partial charge < -0.3 is 5.32 Å². The van der Waals surface area contributed by atoms with Crippen LogP contribution in [0.1, 0.15) is 48.2 Å². The lowest BCUT2D eigenvalue weighted by Gasteiger charge is -2.30. The molecule has 2 aromatic carbocycles. The van der Waals surface area contributed by atoms with Crippen LogP contribution in [0.25, 0.3) is 5.69 Å². The zero-order valence-corrected chi connectivity index (χ0v) is 20.5. The summed E-state index contributed by atoms with van der Waals surface area (Å²) in [6.45, 7) is 1.76. The maximum atomic E-state index is 13.0. The normalized spacial score (nSPS) is 14.9. The van der Waals surface area contributed by atoms with E-state index in [1.54, 1.807) is 25.7 Å². The largest absolute Gasteiger partial charge is 0.316 e. The van der Waals surface area contributed by atoms with Crippen LogP contribution < -0.4 is 10.9 Å². The van der Waals surface area contributed by atoms with Crippen molar-refractivity contribution >= 4 is 21.6 Å². The summed E-state index contributed by atoms with van der Waals surface area (Å²) < 4.78 is 30.7. The molecule has 180 valence electrons. The Balaban J connectivity index is 1.55. The second kappa shape index (κ2) is 9.60. The Hall–Kier alpha value is -3.17. The lowest BCUT2D eigenvalue weighted by Crippen LogP contribution is -2.38. The molecule has 4 rings (SSSR count). The predicted molar refractivity (Wildman–Crippen MR) is 132 cm³/mol. The first-order chi connectivity index (χ1) is 16.2. The summed E-state index contributed by atoms with van der Waals surface area (Å²) in [6.07, 6.45) is 4.95. The van der Waals surface area contributed by atoms with E-state index in [0.29, 0.717) is 11.4 Å². The SMILES string of the molecule is Cc1c(NC(=O)c2ccc(S(=O)(=O)N(C)C3CCCCC3)cc2)c(=O)n(-c2ccccc2)n1C. The number of aromatic nitrogens is 2. The number of amides is 1. The van der Waals surface area contributed by atoms with Gasteiger partial charge in [-0.15, -0.1) is 0 Å². The Morgan fingerprint density at radius 1 is 1.00 bits per heavy atom. The number of hydrogen-bond acceptors (Lipinski definition) is 4. The van der Waals surface area contributed by atoms with E-state index in [0.717, 1.165) is 32.1 Å². The highest BCUT2D eigenvalue weighted by Gasteiger charge is 2.29. The van der Waals surface area contributed by atoms with Gasteiger partial charge in [-0.05, 0) is 56.2 Å². The topological polar surface area (TPSA) is 93.4 Å². The molecule has 1 aliphatic carbocycles. The minimum Gasteiger partial charge on any atom is -0.316 e. The van der Waals surface area contributed by atoms with Crippen LogP contribution in [0.3, 0.4) is 0 Å². The average molecular weight is 483 g/mol. The van der Waals surface area contributed by atoms with E-state index in [1.807, 2.05) is 30.3 Å². The molecule has 3 aromatic rings. The van der Waals surface area contributed by atoms with Crippen molar-refractivity contribution in [3.63, 3.8) is 0 Å². The molecule has 8 nitrogen and oxygen atoms in total. The quantitative estimate of drug-likeness (QED) is 0.580. The number of benzene rings is 2. The number of carbonyl (C=O) groups is 1. The summed E-state index contributed by atoms with van der Waals surface area (Å²) in [5, 5.41) is 2.71. The third-order valence-electron chi connectivity index (χ3n) is 6.68. The molecule has 1 amide bonds. The summed E-state index contributed by atoms with van der Waals surface area (Å²) in [7, 11) is -0.263. The van der Waals surface area contributed by atoms with Crippen molar-refractivity contribution in [1.82, 2.24) is 13.7 Å². The molecule has 0 atom stereocenters. The lowest BCUT2D eigenvalue weighted by molar-refractivity contribution is 0.102. The van der Waals surface area contributed by atoms with Crippen molar-refractivity contribution in [2.75, 3.05) is 12.4 Å². The van der Waals surface area contributed by atoms with Crippen molar-refractivity contribution in [3.05, 3.63) is 76.2 Å². The molecular weight excluding hydrogens is 452 g/mol. The highest BCUT2D eigenvalue weighted by Crippen LogP contribution is 2.26. The summed E-state index contributed by atoms with van der Waals surface area (Å²) in [6, 6.07) is 15.0. The predicted octanol–water partition coefficient (Wildman–Crippen LogP) is 3.69. The van der Waals surface area contributed by atoms with Crippen LogP contribution >= 0.6 is 0 Å². The standard InChI is InChI=1S/C25H30N4O4S/c1-18-23(25(31)29(27(18)2)21-12-8-5-9-13-21)26-24(30)19-14-16-22(17-15-19)34(32,33)28(3)20-10-6-4-7-11-20/h5,8-9,12-17,20H,4,6-7,10-11H2,1-3H3,(H,26,30). The Morgan fingerprint density at radius 2 is 1.62 bits per heavy atom. The maximum absolute atomic E-state index is 13.0. The first-order valence-electron chi connectivity index (χ1n) is 11.5. The van der Waals surface area contributed by atoms with E-state index in [1.165, 1.54) is 33.3 Å². The molecule has 0 radical (unpaired) electrons. The molecule has 0 unspecified atom stereocenters. The van der Waals surface area contributed by atoms with Gasteiger partial charge in [0.25, 0.3) is 11.5 Å². The van der Waals surface area contributed by atoms with Gasteiger partial charge in [0.2, 0.25) is 10.0 Å². The van der Waals surface area contributed by atoms with Crippen LogP contribution in [0.4, 0.5) is 5.69 Å². The van der Waals surface area contributed by atoms with Crippen LogP contribution in [0.2, 0.25) is 0 Å². The number of hydrogen-bond donors (Lipinski definition) is 1. The molecule has 9 heteroatoms. The summed E-state index contributed by atoms with van der Waals surface area (Å²) in [4.78, 5) is 26.1. The Bertz CT molecular complexity index is 1340. The van der Waals surface area contributed by atoms with Gasteiger partial charge in [0.1, 0.15) is 5.69 Å². The molecule has 0 aliphatic heterocycles. The number of carbonyl (C=O) groups excluding carboxylic acids is 1. The van der Waals surface area contributed by atoms with Crippen LogP contribution in [0.15, 0.2) is 64.3 Å². The third kappa shape index (κ3) is 4.45. The van der Waals surface area contributed by atoms with Crippen molar-refractivity contribution < 1.29 is 13.2 Å². The van der Waals surface area contributed by atoms with Crippen molar-refractivity contribution in [3.8, 4) is 5.69 Å². The van der Waals surface area contributed by atoms with Gasteiger partial charge in [-0.25, -0.2) is 13.1 Å². The second-order valence-electron chi connectivity index (χ2n) is 8.73. The van der Waals surface area contributed by atoms with E-state index < -0.39 is 15.9 Å². The van der Waals surface area contributed by atoms with Crippen LogP contribution in [0.5, 0.6) is 0 Å². The van der Waals surface area contributed by atoms with Gasteiger partial charge in [0.15, 0.2) is 0 Å². The zero-order valence-electron chi connectivity index (χ0n) is 19.7. The molecule has 1 saturated carbocycles. The molecule has 34 heavy (non-hydrogen) atoms. The van der Waals surface area contributed by atoms with Crippen molar-refractivity contribution in [2.24, 2.45) is 7.05 Å². The first-order valence-corrected chi connectivity index (χ1v) is 12.9. The highest BCUT2D eigenvalue weighted by atomic mass is 32.2. The number of nitrogens with one attached hydrogen (secondary N) is 1. The van der Waals surface area contributed by atoms with Gasteiger partial charge in [-0.3, -0.25) is 14.3 Å². The molecule has 0 bridgehead atoms. The Kier molecular flexibility index (Phi) is 6.77. The number of rotatable bonds is 6. The van der Waals surface area contributed by atoms with Gasteiger partial charge >= 0.3 is 0 Å². The van der Waals surface area contributed by atoms with Crippen LogP contribution in [-0.4, -0.2) is 41.1 Å². The smallest absolute Gasteiger partial charge is 0.295 e. The highest BCUT2D eigenvalue weighted by molar-refractivity contribution is 7.89. The molecule has 0 spiro atoms. The lowest BCUT2D eigenvalue weighted by atomic mass is 9.96. The number of nitrogens with zero attached hydrogens (tertiary/aromatic N) is 3. The van der Waals surface area contributed by atoms with Crippen molar-refractivity contribution in [2.45, 2.75) is 50.0 Å². The molecular formula is C25H30N4O4S. The van der Waals surface area contributed by atoms with Crippen molar-refractivity contribution in [1.29, 1.82) is 0 Å². The Labute approximate surface area is 199 Å². The minimum absolute atomic E-state index is 0.00886. The van der Waals surface area contributed by atoms with E-state index in [-0.39, 0.29) is 27.7 Å². The number of anilines is 1.